The third kappa shape index (κ3) is 7.45. The van der Waals surface area contributed by atoms with Crippen molar-refractivity contribution in [3.05, 3.63) is 29.8 Å². The number of nitrogens with one attached hydrogen (secondary N) is 1. The fourth-order valence-electron chi connectivity index (χ4n) is 3.20. The van der Waals surface area contributed by atoms with Gasteiger partial charge in [0.25, 0.3) is 0 Å². The Morgan fingerprint density at radius 1 is 0.939 bits per heavy atom. The number of hydrogen-bond donors (Lipinski definition) is 2. The van der Waals surface area contributed by atoms with Gasteiger partial charge in [-0.25, -0.2) is 4.79 Å². The van der Waals surface area contributed by atoms with E-state index in [1.807, 2.05) is 0 Å². The number of carbonyl (C=O) groups excluding carboxylic acids is 5. The number of amides is 1. The summed E-state index contributed by atoms with van der Waals surface area (Å²) in [4.78, 5) is 59.3. The summed E-state index contributed by atoms with van der Waals surface area (Å²) in [6, 6.07) is 4.01. The smallest absolute Gasteiger partial charge is 0.340 e. The number of rotatable bonds is 7. The van der Waals surface area contributed by atoms with Crippen molar-refractivity contribution in [3.63, 3.8) is 0 Å². The van der Waals surface area contributed by atoms with Crippen LogP contribution >= 0.6 is 0 Å². The molecule has 1 fully saturated rings. The van der Waals surface area contributed by atoms with E-state index >= 15 is 0 Å². The highest BCUT2D eigenvalue weighted by atomic mass is 16.7. The maximum atomic E-state index is 12.7. The molecule has 33 heavy (non-hydrogen) atoms. The first-order chi connectivity index (χ1) is 15.5. The first kappa shape index (κ1) is 25.6. The van der Waals surface area contributed by atoms with Crippen LogP contribution in [0.2, 0.25) is 0 Å². The lowest BCUT2D eigenvalue weighted by atomic mass is 9.96. The molecule has 1 amide bonds. The fraction of sp³-hybridized carbons (Fsp3) is 0.476. The van der Waals surface area contributed by atoms with Crippen LogP contribution in [0.15, 0.2) is 24.3 Å². The van der Waals surface area contributed by atoms with Crippen LogP contribution in [-0.2, 0) is 42.9 Å². The van der Waals surface area contributed by atoms with E-state index in [0.717, 1.165) is 26.8 Å². The Labute approximate surface area is 189 Å². The predicted molar refractivity (Wildman–Crippen MR) is 108 cm³/mol. The summed E-state index contributed by atoms with van der Waals surface area (Å²) in [5.41, 5.74) is -0.0251. The van der Waals surface area contributed by atoms with Crippen LogP contribution in [0, 0.1) is 0 Å². The minimum Gasteiger partial charge on any atom is -0.508 e. The Hall–Kier alpha value is -3.67. The van der Waals surface area contributed by atoms with Crippen LogP contribution in [0.3, 0.4) is 0 Å². The Kier molecular flexibility index (Phi) is 8.74. The van der Waals surface area contributed by atoms with Gasteiger partial charge >= 0.3 is 23.9 Å². The van der Waals surface area contributed by atoms with Crippen molar-refractivity contribution in [2.75, 3.05) is 6.61 Å². The molecule has 0 radical (unpaired) electrons. The standard InChI is InChI=1S/C21H25NO11/c1-10(23)22-17-19(31-13(4)26)18(30-12(3)25)16(9-29-11(2)24)32-21(17)33-20(28)14-6-5-7-15(27)8-14/h5-8,16-19,21,27H,9H2,1-4H3,(H,22,23)/t16-,17+,18+,19-,21+/m1/s1. The Balaban J connectivity index is 2.43. The van der Waals surface area contributed by atoms with Gasteiger partial charge in [0.15, 0.2) is 12.2 Å². The highest BCUT2D eigenvalue weighted by Crippen LogP contribution is 2.28. The first-order valence-corrected chi connectivity index (χ1v) is 9.88. The van der Waals surface area contributed by atoms with Crippen molar-refractivity contribution >= 4 is 29.8 Å². The van der Waals surface area contributed by atoms with Crippen molar-refractivity contribution in [2.24, 2.45) is 0 Å². The number of esters is 4. The van der Waals surface area contributed by atoms with Crippen LogP contribution in [0.4, 0.5) is 0 Å². The summed E-state index contributed by atoms with van der Waals surface area (Å²) in [6.45, 7) is 4.09. The van der Waals surface area contributed by atoms with Gasteiger partial charge in [-0.2, -0.15) is 0 Å². The van der Waals surface area contributed by atoms with E-state index in [4.69, 9.17) is 23.7 Å². The number of ether oxygens (including phenoxy) is 5. The fourth-order valence-corrected chi connectivity index (χ4v) is 3.20. The lowest BCUT2D eigenvalue weighted by Gasteiger charge is -2.44. The average molecular weight is 467 g/mol. The van der Waals surface area contributed by atoms with Crippen LogP contribution in [0.25, 0.3) is 0 Å². The quantitative estimate of drug-likeness (QED) is 0.416. The molecule has 2 rings (SSSR count). The number of aromatic hydroxyl groups is 1. The molecule has 1 saturated heterocycles. The van der Waals surface area contributed by atoms with E-state index in [0.29, 0.717) is 0 Å². The van der Waals surface area contributed by atoms with Crippen molar-refractivity contribution in [2.45, 2.75) is 58.3 Å². The lowest BCUT2D eigenvalue weighted by molar-refractivity contribution is -0.263. The van der Waals surface area contributed by atoms with Crippen molar-refractivity contribution < 1.29 is 52.8 Å². The largest absolute Gasteiger partial charge is 0.508 e. The number of benzene rings is 1. The molecule has 1 aromatic rings. The van der Waals surface area contributed by atoms with Crippen molar-refractivity contribution in [3.8, 4) is 5.75 Å². The molecule has 0 spiro atoms. The highest BCUT2D eigenvalue weighted by Gasteiger charge is 2.52. The summed E-state index contributed by atoms with van der Waals surface area (Å²) in [5, 5.41) is 12.1. The van der Waals surface area contributed by atoms with E-state index in [2.05, 4.69) is 5.32 Å². The van der Waals surface area contributed by atoms with E-state index in [1.165, 1.54) is 25.1 Å². The summed E-state index contributed by atoms with van der Waals surface area (Å²) < 4.78 is 26.6. The predicted octanol–water partition coefficient (Wildman–Crippen LogP) is 0.205. The molecule has 5 atom stereocenters. The van der Waals surface area contributed by atoms with Gasteiger partial charge in [0.1, 0.15) is 24.5 Å². The topological polar surface area (TPSA) is 164 Å². The maximum Gasteiger partial charge on any atom is 0.340 e. The van der Waals surface area contributed by atoms with Gasteiger partial charge in [-0.15, -0.1) is 0 Å². The molecule has 0 aromatic heterocycles. The molecule has 1 aliphatic heterocycles. The third-order valence-electron chi connectivity index (χ3n) is 4.38. The Bertz CT molecular complexity index is 915. The average Bonchev–Trinajstić information content (AvgIpc) is 2.69. The molecule has 0 unspecified atom stereocenters. The third-order valence-corrected chi connectivity index (χ3v) is 4.38. The zero-order valence-corrected chi connectivity index (χ0v) is 18.4. The normalized spacial score (nSPS) is 24.2. The SMILES string of the molecule is CC(=O)N[C@@H]1[C@H](OC(=O)c2cccc(O)c2)O[C@H](COC(C)=O)[C@H](OC(C)=O)[C@@H]1OC(C)=O. The zero-order valence-electron chi connectivity index (χ0n) is 18.4. The molecular formula is C21H25NO11. The zero-order chi connectivity index (χ0) is 24.7. The van der Waals surface area contributed by atoms with Gasteiger partial charge < -0.3 is 34.1 Å². The first-order valence-electron chi connectivity index (χ1n) is 9.88. The summed E-state index contributed by atoms with van der Waals surface area (Å²) >= 11 is 0. The monoisotopic (exact) mass is 467 g/mol. The second kappa shape index (κ2) is 11.3. The van der Waals surface area contributed by atoms with E-state index < -0.39 is 67.0 Å². The van der Waals surface area contributed by atoms with Gasteiger partial charge in [-0.05, 0) is 18.2 Å². The molecule has 1 heterocycles. The molecule has 1 aliphatic rings. The summed E-state index contributed by atoms with van der Waals surface area (Å²) in [6.07, 6.45) is -5.42. The van der Waals surface area contributed by atoms with Gasteiger partial charge in [-0.1, -0.05) is 6.07 Å². The van der Waals surface area contributed by atoms with E-state index in [9.17, 15) is 29.1 Å². The van der Waals surface area contributed by atoms with Crippen molar-refractivity contribution in [1.29, 1.82) is 0 Å². The maximum absolute atomic E-state index is 12.7. The molecule has 0 saturated carbocycles. The molecular weight excluding hydrogens is 442 g/mol. The highest BCUT2D eigenvalue weighted by molar-refractivity contribution is 5.90. The van der Waals surface area contributed by atoms with Crippen LogP contribution in [0.1, 0.15) is 38.1 Å². The minimum absolute atomic E-state index is 0.0251. The summed E-state index contributed by atoms with van der Waals surface area (Å²) in [5.74, 6) is -3.90. The number of phenols is 1. The molecule has 0 aliphatic carbocycles. The Morgan fingerprint density at radius 3 is 2.12 bits per heavy atom. The molecule has 0 bridgehead atoms. The number of hydrogen-bond acceptors (Lipinski definition) is 11. The molecule has 12 nitrogen and oxygen atoms in total. The van der Waals surface area contributed by atoms with E-state index in [-0.39, 0.29) is 11.3 Å². The molecule has 1 aromatic carbocycles. The molecule has 180 valence electrons. The van der Waals surface area contributed by atoms with Crippen LogP contribution in [-0.4, -0.2) is 72.1 Å². The molecule has 12 heteroatoms. The molecule has 2 N–H and O–H groups in total. The lowest BCUT2D eigenvalue weighted by Crippen LogP contribution is -2.66. The van der Waals surface area contributed by atoms with Gasteiger partial charge in [-0.3, -0.25) is 19.2 Å². The van der Waals surface area contributed by atoms with Crippen LogP contribution in [0.5, 0.6) is 5.75 Å². The van der Waals surface area contributed by atoms with Crippen LogP contribution < -0.4 is 5.32 Å². The van der Waals surface area contributed by atoms with Crippen molar-refractivity contribution in [1.82, 2.24) is 5.32 Å². The number of carbonyl (C=O) groups is 5. The summed E-state index contributed by atoms with van der Waals surface area (Å²) in [7, 11) is 0. The van der Waals surface area contributed by atoms with Gasteiger partial charge in [0.05, 0.1) is 5.56 Å². The second-order valence-corrected chi connectivity index (χ2v) is 7.18. The van der Waals surface area contributed by atoms with Gasteiger partial charge in [0, 0.05) is 27.7 Å². The van der Waals surface area contributed by atoms with Gasteiger partial charge in [0.2, 0.25) is 12.2 Å². The second-order valence-electron chi connectivity index (χ2n) is 7.18. The Morgan fingerprint density at radius 2 is 1.58 bits per heavy atom. The number of phenolic OH excluding ortho intramolecular Hbond substituents is 1. The van der Waals surface area contributed by atoms with E-state index in [1.54, 1.807) is 0 Å². The minimum atomic E-state index is -1.54.